The minimum Gasteiger partial charge on any atom is -0.347 e. The summed E-state index contributed by atoms with van der Waals surface area (Å²) in [5, 5.41) is 8.86. The van der Waals surface area contributed by atoms with Crippen LogP contribution in [-0.4, -0.2) is 35.4 Å². The minimum atomic E-state index is -2.57. The molecule has 3 saturated carbocycles. The van der Waals surface area contributed by atoms with E-state index in [2.05, 4.69) is 15.6 Å². The molecule has 4 nitrogen and oxygen atoms in total. The SMILES string of the molecule is O=C(NC1CCC(F)(F)CC1)c1nc([C@@H]2C[C@H]2NCC2CC2)cs1. The number of nitrogens with one attached hydrogen (secondary N) is 2. The van der Waals surface area contributed by atoms with E-state index in [4.69, 9.17) is 0 Å². The summed E-state index contributed by atoms with van der Waals surface area (Å²) in [6.45, 7) is 1.10. The van der Waals surface area contributed by atoms with E-state index in [1.165, 1.54) is 24.2 Å². The monoisotopic (exact) mass is 355 g/mol. The van der Waals surface area contributed by atoms with Crippen molar-refractivity contribution in [2.75, 3.05) is 6.54 Å². The fourth-order valence-corrected chi connectivity index (χ4v) is 4.16. The first kappa shape index (κ1) is 16.4. The van der Waals surface area contributed by atoms with Crippen molar-refractivity contribution in [1.82, 2.24) is 15.6 Å². The molecule has 24 heavy (non-hydrogen) atoms. The van der Waals surface area contributed by atoms with Crippen LogP contribution in [-0.2, 0) is 0 Å². The Hall–Kier alpha value is -1.08. The van der Waals surface area contributed by atoms with Gasteiger partial charge < -0.3 is 10.6 Å². The van der Waals surface area contributed by atoms with E-state index in [-0.39, 0.29) is 24.8 Å². The molecule has 4 rings (SSSR count). The molecule has 0 radical (unpaired) electrons. The van der Waals surface area contributed by atoms with Gasteiger partial charge >= 0.3 is 0 Å². The lowest BCUT2D eigenvalue weighted by molar-refractivity contribution is -0.0399. The fraction of sp³-hybridized carbons (Fsp3) is 0.765. The van der Waals surface area contributed by atoms with Gasteiger partial charge in [0, 0.05) is 36.2 Å². The number of aromatic nitrogens is 1. The smallest absolute Gasteiger partial charge is 0.280 e. The van der Waals surface area contributed by atoms with Crippen LogP contribution in [0.15, 0.2) is 5.38 Å². The maximum Gasteiger partial charge on any atom is 0.280 e. The van der Waals surface area contributed by atoms with E-state index < -0.39 is 5.92 Å². The predicted octanol–water partition coefficient (Wildman–Crippen LogP) is 3.31. The van der Waals surface area contributed by atoms with Gasteiger partial charge in [-0.05, 0) is 44.6 Å². The molecule has 2 N–H and O–H groups in total. The van der Waals surface area contributed by atoms with Crippen molar-refractivity contribution in [3.8, 4) is 0 Å². The third-order valence-electron chi connectivity index (χ3n) is 5.30. The Kier molecular flexibility index (Phi) is 4.33. The number of amides is 1. The molecule has 1 aromatic rings. The number of rotatable bonds is 6. The Bertz CT molecular complexity index is 607. The van der Waals surface area contributed by atoms with E-state index in [0.29, 0.717) is 29.8 Å². The number of hydrogen-bond acceptors (Lipinski definition) is 4. The standard InChI is InChI=1S/C17H23F2N3OS/c18-17(19)5-3-11(4-6-17)21-15(23)16-22-14(9-24-16)12-7-13(12)20-8-10-1-2-10/h9-13,20H,1-8H2,(H,21,23)/t12-,13-/m1/s1. The average molecular weight is 355 g/mol. The highest BCUT2D eigenvalue weighted by Gasteiger charge is 2.41. The lowest BCUT2D eigenvalue weighted by atomic mass is 9.92. The molecular weight excluding hydrogens is 332 g/mol. The quantitative estimate of drug-likeness (QED) is 0.823. The molecule has 7 heteroatoms. The van der Waals surface area contributed by atoms with E-state index in [1.54, 1.807) is 0 Å². The van der Waals surface area contributed by atoms with Gasteiger partial charge in [-0.15, -0.1) is 11.3 Å². The summed E-state index contributed by atoms with van der Waals surface area (Å²) in [5.41, 5.74) is 0.994. The molecule has 0 saturated heterocycles. The van der Waals surface area contributed by atoms with Crippen LogP contribution in [0.3, 0.4) is 0 Å². The van der Waals surface area contributed by atoms with Gasteiger partial charge in [0.25, 0.3) is 5.91 Å². The molecule has 3 fully saturated rings. The topological polar surface area (TPSA) is 54.0 Å². The van der Waals surface area contributed by atoms with E-state index in [9.17, 15) is 13.6 Å². The summed E-state index contributed by atoms with van der Waals surface area (Å²) >= 11 is 1.35. The minimum absolute atomic E-state index is 0.141. The van der Waals surface area contributed by atoms with Crippen LogP contribution in [0.25, 0.3) is 0 Å². The Morgan fingerprint density at radius 2 is 2.04 bits per heavy atom. The summed E-state index contributed by atoms with van der Waals surface area (Å²) in [7, 11) is 0. The predicted molar refractivity (Wildman–Crippen MR) is 88.7 cm³/mol. The van der Waals surface area contributed by atoms with Crippen LogP contribution < -0.4 is 10.6 Å². The van der Waals surface area contributed by atoms with Crippen molar-refractivity contribution in [3.05, 3.63) is 16.1 Å². The second-order valence-corrected chi connectivity index (χ2v) is 8.34. The first-order valence-corrected chi connectivity index (χ1v) is 9.76. The maximum atomic E-state index is 13.2. The first-order chi connectivity index (χ1) is 11.5. The largest absolute Gasteiger partial charge is 0.347 e. The normalized spacial score (nSPS) is 29.4. The van der Waals surface area contributed by atoms with Gasteiger partial charge in [-0.1, -0.05) is 0 Å². The highest BCUT2D eigenvalue weighted by Crippen LogP contribution is 2.42. The molecule has 1 heterocycles. The number of carbonyl (C=O) groups is 1. The number of hydrogen-bond donors (Lipinski definition) is 2. The van der Waals surface area contributed by atoms with Gasteiger partial charge in [-0.2, -0.15) is 0 Å². The number of halogens is 2. The van der Waals surface area contributed by atoms with Crippen LogP contribution in [0.1, 0.15) is 66.4 Å². The molecule has 0 aliphatic heterocycles. The van der Waals surface area contributed by atoms with Gasteiger partial charge in [-0.3, -0.25) is 4.79 Å². The second-order valence-electron chi connectivity index (χ2n) is 7.48. The molecule has 0 aromatic carbocycles. The Morgan fingerprint density at radius 1 is 1.29 bits per heavy atom. The van der Waals surface area contributed by atoms with Crippen LogP contribution in [0, 0.1) is 5.92 Å². The zero-order valence-electron chi connectivity index (χ0n) is 13.6. The number of carbonyl (C=O) groups excluding carboxylic acids is 1. The molecular formula is C17H23F2N3OS. The first-order valence-electron chi connectivity index (χ1n) is 8.88. The molecule has 3 aliphatic carbocycles. The van der Waals surface area contributed by atoms with Crippen molar-refractivity contribution in [3.63, 3.8) is 0 Å². The highest BCUT2D eigenvalue weighted by atomic mass is 32.1. The van der Waals surface area contributed by atoms with E-state index in [1.807, 2.05) is 5.38 Å². The lowest BCUT2D eigenvalue weighted by Gasteiger charge is -2.28. The van der Waals surface area contributed by atoms with Crippen molar-refractivity contribution in [1.29, 1.82) is 0 Å². The molecule has 1 amide bonds. The van der Waals surface area contributed by atoms with Crippen LogP contribution in [0.5, 0.6) is 0 Å². The van der Waals surface area contributed by atoms with Crippen LogP contribution in [0.4, 0.5) is 8.78 Å². The van der Waals surface area contributed by atoms with Gasteiger partial charge in [0.2, 0.25) is 5.92 Å². The molecule has 3 aliphatic rings. The van der Waals surface area contributed by atoms with E-state index >= 15 is 0 Å². The maximum absolute atomic E-state index is 13.2. The Morgan fingerprint density at radius 3 is 2.75 bits per heavy atom. The zero-order valence-corrected chi connectivity index (χ0v) is 14.4. The summed E-state index contributed by atoms with van der Waals surface area (Å²) in [4.78, 5) is 16.7. The molecule has 1 aromatic heterocycles. The number of thiazole rings is 1. The molecule has 2 atom stereocenters. The number of alkyl halides is 2. The molecule has 0 bridgehead atoms. The Labute approximate surface area is 144 Å². The van der Waals surface area contributed by atoms with Crippen molar-refractivity contribution >= 4 is 17.2 Å². The fourth-order valence-electron chi connectivity index (χ4n) is 3.38. The van der Waals surface area contributed by atoms with Gasteiger partial charge in [0.1, 0.15) is 0 Å². The molecule has 0 spiro atoms. The summed E-state index contributed by atoms with van der Waals surface area (Å²) in [6, 6.07) is 0.350. The van der Waals surface area contributed by atoms with Crippen molar-refractivity contribution < 1.29 is 13.6 Å². The number of nitrogens with zero attached hydrogens (tertiary/aromatic N) is 1. The Balaban J connectivity index is 1.26. The van der Waals surface area contributed by atoms with Gasteiger partial charge in [-0.25, -0.2) is 13.8 Å². The summed E-state index contributed by atoms with van der Waals surface area (Å²) in [5.74, 6) is -1.49. The van der Waals surface area contributed by atoms with Gasteiger partial charge in [0.15, 0.2) is 5.01 Å². The third kappa shape index (κ3) is 3.94. The lowest BCUT2D eigenvalue weighted by Crippen LogP contribution is -2.40. The summed E-state index contributed by atoms with van der Waals surface area (Å²) in [6.07, 6.45) is 4.18. The van der Waals surface area contributed by atoms with Crippen molar-refractivity contribution in [2.45, 2.75) is 68.9 Å². The third-order valence-corrected chi connectivity index (χ3v) is 6.16. The summed E-state index contributed by atoms with van der Waals surface area (Å²) < 4.78 is 26.3. The van der Waals surface area contributed by atoms with Crippen LogP contribution >= 0.6 is 11.3 Å². The molecule has 132 valence electrons. The highest BCUT2D eigenvalue weighted by molar-refractivity contribution is 7.11. The van der Waals surface area contributed by atoms with E-state index in [0.717, 1.165) is 24.6 Å². The average Bonchev–Trinajstić information content (AvgIpc) is 3.46. The zero-order chi connectivity index (χ0) is 16.7. The second kappa shape index (κ2) is 6.33. The van der Waals surface area contributed by atoms with Gasteiger partial charge in [0.05, 0.1) is 5.69 Å². The van der Waals surface area contributed by atoms with Crippen molar-refractivity contribution in [2.24, 2.45) is 5.92 Å². The van der Waals surface area contributed by atoms with Crippen LogP contribution in [0.2, 0.25) is 0 Å². The molecule has 0 unspecified atom stereocenters.